The van der Waals surface area contributed by atoms with Crippen molar-refractivity contribution >= 4 is 39.9 Å². The lowest BCUT2D eigenvalue weighted by atomic mass is 10.2. The van der Waals surface area contributed by atoms with Gasteiger partial charge < -0.3 is 5.32 Å². The molecule has 0 aliphatic heterocycles. The number of hydrogen-bond donors (Lipinski definition) is 1. The normalized spacial score (nSPS) is 12.2. The second-order valence-electron chi connectivity index (χ2n) is 7.43. The molecule has 164 valence electrons. The molecular weight excluding hydrogens is 437 g/mol. The van der Waals surface area contributed by atoms with Gasteiger partial charge in [0.15, 0.2) is 16.6 Å². The first-order valence-corrected chi connectivity index (χ1v) is 11.4. The Hall–Kier alpha value is -3.78. The number of rotatable bonds is 6. The maximum atomic E-state index is 14.0. The summed E-state index contributed by atoms with van der Waals surface area (Å²) in [5.41, 5.74) is 2.49. The molecule has 3 aromatic carbocycles. The van der Waals surface area contributed by atoms with Crippen LogP contribution in [0.2, 0.25) is 0 Å². The summed E-state index contributed by atoms with van der Waals surface area (Å²) in [6.07, 6.45) is 0.529. The van der Waals surface area contributed by atoms with Crippen LogP contribution >= 0.6 is 11.8 Å². The molecule has 2 aromatic heterocycles. The maximum Gasteiger partial charge on any atom is 0.238 e. The van der Waals surface area contributed by atoms with Crippen molar-refractivity contribution < 1.29 is 9.18 Å². The van der Waals surface area contributed by atoms with E-state index in [0.29, 0.717) is 23.0 Å². The number of halogens is 1. The van der Waals surface area contributed by atoms with E-state index in [9.17, 15) is 9.18 Å². The Labute approximate surface area is 193 Å². The molecule has 6 nitrogen and oxygen atoms in total. The molecular formula is C25H20FN5OS. The van der Waals surface area contributed by atoms with Gasteiger partial charge in [-0.3, -0.25) is 4.79 Å². The topological polar surface area (TPSA) is 72.2 Å². The van der Waals surface area contributed by atoms with Crippen molar-refractivity contribution in [2.24, 2.45) is 0 Å². The molecule has 8 heteroatoms. The smallest absolute Gasteiger partial charge is 0.238 e. The van der Waals surface area contributed by atoms with Crippen molar-refractivity contribution in [2.75, 3.05) is 5.32 Å². The molecule has 5 aromatic rings. The molecule has 0 radical (unpaired) electrons. The number of fused-ring (bicyclic) bond motifs is 3. The fraction of sp³-hybridized carbons (Fsp3) is 0.120. The lowest BCUT2D eigenvalue weighted by Gasteiger charge is -2.15. The zero-order valence-electron chi connectivity index (χ0n) is 17.8. The van der Waals surface area contributed by atoms with Crippen LogP contribution in [-0.2, 0) is 4.79 Å². The number of para-hydroxylation sites is 2. The number of nitrogens with one attached hydrogen (secondary N) is 1. The lowest BCUT2D eigenvalue weighted by molar-refractivity contribution is -0.115. The first-order valence-electron chi connectivity index (χ1n) is 10.6. The Balaban J connectivity index is 1.55. The van der Waals surface area contributed by atoms with Crippen LogP contribution in [0.15, 0.2) is 84.0 Å². The van der Waals surface area contributed by atoms with Crippen molar-refractivity contribution in [3.8, 4) is 11.4 Å². The zero-order chi connectivity index (χ0) is 22.8. The highest BCUT2D eigenvalue weighted by Crippen LogP contribution is 2.30. The van der Waals surface area contributed by atoms with Crippen molar-refractivity contribution in [3.05, 3.63) is 84.7 Å². The second-order valence-corrected chi connectivity index (χ2v) is 8.60. The Bertz CT molecular complexity index is 1450. The molecule has 0 saturated heterocycles. The Morgan fingerprint density at radius 1 is 1.00 bits per heavy atom. The van der Waals surface area contributed by atoms with Crippen molar-refractivity contribution in [3.63, 3.8) is 0 Å². The van der Waals surface area contributed by atoms with E-state index in [0.717, 1.165) is 16.5 Å². The van der Waals surface area contributed by atoms with Gasteiger partial charge in [0.05, 0.1) is 16.5 Å². The van der Waals surface area contributed by atoms with Gasteiger partial charge in [0.25, 0.3) is 0 Å². The minimum Gasteiger partial charge on any atom is -0.323 e. The second kappa shape index (κ2) is 8.99. The number of thioether (sulfide) groups is 1. The molecule has 0 saturated carbocycles. The van der Waals surface area contributed by atoms with Gasteiger partial charge in [-0.25, -0.2) is 14.4 Å². The van der Waals surface area contributed by atoms with Crippen LogP contribution in [0.5, 0.6) is 0 Å². The number of benzene rings is 3. The minimum atomic E-state index is -0.495. The predicted octanol–water partition coefficient (Wildman–Crippen LogP) is 5.59. The molecule has 1 amide bonds. The standard InChI is InChI=1S/C25H20FN5OS/c1-2-21(24(32)27-20-15-9-7-13-18(20)26)33-25-28-19-14-8-6-12-17(19)23-29-22(30-31(23)25)16-10-4-3-5-11-16/h3-15,21H,2H2,1H3,(H,27,32)/t21-/m1/s1. The van der Waals surface area contributed by atoms with Crippen LogP contribution in [-0.4, -0.2) is 30.7 Å². The van der Waals surface area contributed by atoms with Gasteiger partial charge in [-0.1, -0.05) is 73.3 Å². The third kappa shape index (κ3) is 4.17. The van der Waals surface area contributed by atoms with Gasteiger partial charge in [-0.2, -0.15) is 4.52 Å². The quantitative estimate of drug-likeness (QED) is 0.266. The van der Waals surface area contributed by atoms with E-state index in [4.69, 9.17) is 15.1 Å². The Morgan fingerprint density at radius 2 is 1.73 bits per heavy atom. The highest BCUT2D eigenvalue weighted by atomic mass is 32.2. The number of amides is 1. The molecule has 0 fully saturated rings. The van der Waals surface area contributed by atoms with Crippen LogP contribution in [0.3, 0.4) is 0 Å². The lowest BCUT2D eigenvalue weighted by Crippen LogP contribution is -2.25. The minimum absolute atomic E-state index is 0.158. The number of aromatic nitrogens is 4. The number of hydrogen-bond acceptors (Lipinski definition) is 5. The summed E-state index contributed by atoms with van der Waals surface area (Å²) in [6.45, 7) is 1.91. The molecule has 5 rings (SSSR count). The Morgan fingerprint density at radius 3 is 2.52 bits per heavy atom. The van der Waals surface area contributed by atoms with Gasteiger partial charge >= 0.3 is 0 Å². The van der Waals surface area contributed by atoms with E-state index >= 15 is 0 Å². The average molecular weight is 458 g/mol. The maximum absolute atomic E-state index is 14.0. The number of carbonyl (C=O) groups excluding carboxylic acids is 1. The summed E-state index contributed by atoms with van der Waals surface area (Å²) in [6, 6.07) is 23.6. The van der Waals surface area contributed by atoms with Crippen molar-refractivity contribution in [1.82, 2.24) is 19.6 Å². The highest BCUT2D eigenvalue weighted by molar-refractivity contribution is 8.00. The third-order valence-electron chi connectivity index (χ3n) is 5.22. The molecule has 0 spiro atoms. The first-order chi connectivity index (χ1) is 16.1. The van der Waals surface area contributed by atoms with Crippen LogP contribution < -0.4 is 5.32 Å². The van der Waals surface area contributed by atoms with Crippen LogP contribution in [0, 0.1) is 5.82 Å². The van der Waals surface area contributed by atoms with Crippen LogP contribution in [0.25, 0.3) is 27.9 Å². The Kier molecular flexibility index (Phi) is 5.75. The molecule has 1 atom stereocenters. The summed E-state index contributed by atoms with van der Waals surface area (Å²) in [7, 11) is 0. The van der Waals surface area contributed by atoms with Gasteiger partial charge in [-0.05, 0) is 30.7 Å². The van der Waals surface area contributed by atoms with Gasteiger partial charge in [0.2, 0.25) is 5.91 Å². The van der Waals surface area contributed by atoms with E-state index in [1.807, 2.05) is 61.5 Å². The summed E-state index contributed by atoms with van der Waals surface area (Å²) in [4.78, 5) is 22.5. The summed E-state index contributed by atoms with van der Waals surface area (Å²) >= 11 is 1.29. The number of anilines is 1. The van der Waals surface area contributed by atoms with E-state index in [-0.39, 0.29) is 11.6 Å². The number of carbonyl (C=O) groups is 1. The molecule has 0 aliphatic rings. The average Bonchev–Trinajstić information content (AvgIpc) is 3.30. The van der Waals surface area contributed by atoms with Crippen molar-refractivity contribution in [2.45, 2.75) is 23.8 Å². The van der Waals surface area contributed by atoms with Crippen LogP contribution in [0.1, 0.15) is 13.3 Å². The summed E-state index contributed by atoms with van der Waals surface area (Å²) in [5, 5.41) is 8.33. The summed E-state index contributed by atoms with van der Waals surface area (Å²) < 4.78 is 15.7. The third-order valence-corrected chi connectivity index (χ3v) is 6.53. The largest absolute Gasteiger partial charge is 0.323 e. The fourth-order valence-electron chi connectivity index (χ4n) is 3.54. The molecule has 0 aliphatic carbocycles. The van der Waals surface area contributed by atoms with Gasteiger partial charge in [0, 0.05) is 10.9 Å². The summed E-state index contributed by atoms with van der Waals surface area (Å²) in [5.74, 6) is -0.181. The van der Waals surface area contributed by atoms with Crippen molar-refractivity contribution in [1.29, 1.82) is 0 Å². The molecule has 33 heavy (non-hydrogen) atoms. The predicted molar refractivity (Wildman–Crippen MR) is 129 cm³/mol. The monoisotopic (exact) mass is 457 g/mol. The van der Waals surface area contributed by atoms with E-state index < -0.39 is 11.1 Å². The molecule has 0 unspecified atom stereocenters. The fourth-order valence-corrected chi connectivity index (χ4v) is 4.51. The van der Waals surface area contributed by atoms with Gasteiger partial charge in [0.1, 0.15) is 5.82 Å². The highest BCUT2D eigenvalue weighted by Gasteiger charge is 2.23. The number of nitrogens with zero attached hydrogens (tertiary/aromatic N) is 4. The molecule has 1 N–H and O–H groups in total. The van der Waals surface area contributed by atoms with E-state index in [1.165, 1.54) is 17.8 Å². The SMILES string of the molecule is CC[C@@H](Sc1nc2ccccc2c2nc(-c3ccccc3)nn12)C(=O)Nc1ccccc1F. The zero-order valence-corrected chi connectivity index (χ0v) is 18.6. The molecule has 2 heterocycles. The van der Waals surface area contributed by atoms with Crippen LogP contribution in [0.4, 0.5) is 10.1 Å². The van der Waals surface area contributed by atoms with E-state index in [2.05, 4.69) is 5.32 Å². The van der Waals surface area contributed by atoms with E-state index in [1.54, 1.807) is 22.7 Å². The van der Waals surface area contributed by atoms with Gasteiger partial charge in [-0.15, -0.1) is 5.10 Å². The molecule has 0 bridgehead atoms. The first kappa shape index (κ1) is 21.1.